The molecular weight excluding hydrogens is 334 g/mol. The van der Waals surface area contributed by atoms with Crippen LogP contribution < -0.4 is 16.4 Å². The number of hydrogen-bond acceptors (Lipinski definition) is 6. The molecule has 4 rings (SSSR count). The fourth-order valence-corrected chi connectivity index (χ4v) is 4.07. The maximum Gasteiger partial charge on any atom is 0.250 e. The number of nitrogens with zero attached hydrogens (tertiary/aromatic N) is 2. The largest absolute Gasteiger partial charge is 0.380 e. The van der Waals surface area contributed by atoms with Crippen LogP contribution in [0.3, 0.4) is 0 Å². The quantitative estimate of drug-likeness (QED) is 0.670. The number of thiophene rings is 1. The van der Waals surface area contributed by atoms with Crippen LogP contribution in [0.1, 0.15) is 23.2 Å². The summed E-state index contributed by atoms with van der Waals surface area (Å²) >= 11 is 1.64. The molecule has 0 radical (unpaired) electrons. The first-order valence-corrected chi connectivity index (χ1v) is 9.24. The maximum absolute atomic E-state index is 11.9. The molecule has 6 nitrogen and oxygen atoms in total. The number of aromatic nitrogens is 2. The van der Waals surface area contributed by atoms with Crippen molar-refractivity contribution in [2.45, 2.75) is 18.9 Å². The Labute approximate surface area is 149 Å². The molecule has 7 heteroatoms. The van der Waals surface area contributed by atoms with E-state index in [9.17, 15) is 4.79 Å². The van der Waals surface area contributed by atoms with E-state index in [1.807, 2.05) is 12.1 Å². The molecule has 2 aromatic heterocycles. The highest BCUT2D eigenvalue weighted by Crippen LogP contribution is 2.35. The lowest BCUT2D eigenvalue weighted by atomic mass is 10.00. The molecule has 1 atom stereocenters. The number of nitrogens with one attached hydrogen (secondary N) is 2. The standard InChI is InChI=1S/C18H19N5OS/c19-18(24)14-5-11(4-12-6-21-10-22-17(12)14)15-8-25-9-16(15)23-13-2-1-3-20-7-13/h4-6,8-10,13,20,23H,1-3,7H2,(H2,19,24). The van der Waals surface area contributed by atoms with Crippen molar-refractivity contribution >= 4 is 33.8 Å². The Morgan fingerprint density at radius 2 is 2.28 bits per heavy atom. The number of carbonyl (C=O) groups excluding carboxylic acids is 1. The van der Waals surface area contributed by atoms with E-state index in [0.29, 0.717) is 17.1 Å². The molecule has 0 spiro atoms. The number of amides is 1. The third kappa shape index (κ3) is 3.20. The van der Waals surface area contributed by atoms with Gasteiger partial charge < -0.3 is 16.4 Å². The van der Waals surface area contributed by atoms with E-state index < -0.39 is 5.91 Å². The van der Waals surface area contributed by atoms with Gasteiger partial charge in [-0.25, -0.2) is 9.97 Å². The highest BCUT2D eigenvalue weighted by Gasteiger charge is 2.17. The van der Waals surface area contributed by atoms with Gasteiger partial charge in [-0.15, -0.1) is 11.3 Å². The lowest BCUT2D eigenvalue weighted by Gasteiger charge is -2.25. The van der Waals surface area contributed by atoms with Crippen molar-refractivity contribution in [1.29, 1.82) is 0 Å². The molecule has 25 heavy (non-hydrogen) atoms. The fourth-order valence-electron chi connectivity index (χ4n) is 3.27. The van der Waals surface area contributed by atoms with Crippen molar-refractivity contribution in [1.82, 2.24) is 15.3 Å². The second-order valence-electron chi connectivity index (χ2n) is 6.24. The summed E-state index contributed by atoms with van der Waals surface area (Å²) in [6.07, 6.45) is 5.47. The van der Waals surface area contributed by atoms with Crippen molar-refractivity contribution in [2.75, 3.05) is 18.4 Å². The zero-order valence-corrected chi connectivity index (χ0v) is 14.5. The molecule has 1 unspecified atom stereocenters. The molecule has 128 valence electrons. The molecule has 1 aliphatic rings. The van der Waals surface area contributed by atoms with Crippen LogP contribution in [0.2, 0.25) is 0 Å². The van der Waals surface area contributed by atoms with Gasteiger partial charge in [0.25, 0.3) is 5.91 Å². The van der Waals surface area contributed by atoms with Gasteiger partial charge in [0.1, 0.15) is 6.33 Å². The summed E-state index contributed by atoms with van der Waals surface area (Å²) < 4.78 is 0. The molecule has 1 aliphatic heterocycles. The fraction of sp³-hybridized carbons (Fsp3) is 0.278. The van der Waals surface area contributed by atoms with E-state index in [-0.39, 0.29) is 0 Å². The molecule has 3 heterocycles. The van der Waals surface area contributed by atoms with Gasteiger partial charge in [-0.05, 0) is 37.1 Å². The van der Waals surface area contributed by atoms with Crippen molar-refractivity contribution in [3.05, 3.63) is 41.0 Å². The Kier molecular flexibility index (Phi) is 4.33. The third-order valence-corrected chi connectivity index (χ3v) is 5.25. The Morgan fingerprint density at radius 3 is 3.08 bits per heavy atom. The van der Waals surface area contributed by atoms with Gasteiger partial charge in [-0.3, -0.25) is 4.79 Å². The van der Waals surface area contributed by atoms with Crippen LogP contribution in [0.5, 0.6) is 0 Å². The van der Waals surface area contributed by atoms with Crippen LogP contribution in [-0.4, -0.2) is 35.0 Å². The smallest absolute Gasteiger partial charge is 0.250 e. The summed E-state index contributed by atoms with van der Waals surface area (Å²) in [6.45, 7) is 2.05. The summed E-state index contributed by atoms with van der Waals surface area (Å²) in [5.74, 6) is -0.480. The average molecular weight is 353 g/mol. The lowest BCUT2D eigenvalue weighted by Crippen LogP contribution is -2.38. The van der Waals surface area contributed by atoms with Gasteiger partial charge in [0.15, 0.2) is 0 Å². The normalized spacial score (nSPS) is 17.5. The second-order valence-corrected chi connectivity index (χ2v) is 6.98. The van der Waals surface area contributed by atoms with Crippen LogP contribution in [0.25, 0.3) is 22.0 Å². The number of rotatable bonds is 4. The van der Waals surface area contributed by atoms with Gasteiger partial charge in [0.05, 0.1) is 16.8 Å². The van der Waals surface area contributed by atoms with Gasteiger partial charge in [0, 0.05) is 40.5 Å². The van der Waals surface area contributed by atoms with Crippen LogP contribution in [0.15, 0.2) is 35.4 Å². The Balaban J connectivity index is 1.75. The zero-order valence-electron chi connectivity index (χ0n) is 13.7. The van der Waals surface area contributed by atoms with E-state index in [1.54, 1.807) is 17.5 Å². The number of nitrogens with two attached hydrogens (primary N) is 1. The van der Waals surface area contributed by atoms with E-state index in [2.05, 4.69) is 31.4 Å². The summed E-state index contributed by atoms with van der Waals surface area (Å²) in [6, 6.07) is 4.25. The highest BCUT2D eigenvalue weighted by molar-refractivity contribution is 7.08. The molecule has 1 fully saturated rings. The van der Waals surface area contributed by atoms with Crippen LogP contribution in [0, 0.1) is 0 Å². The lowest BCUT2D eigenvalue weighted by molar-refractivity contribution is 0.100. The Bertz CT molecular complexity index is 917. The number of anilines is 1. The average Bonchev–Trinajstić information content (AvgIpc) is 3.09. The molecule has 4 N–H and O–H groups in total. The molecule has 1 amide bonds. The van der Waals surface area contributed by atoms with E-state index in [4.69, 9.17) is 5.73 Å². The van der Waals surface area contributed by atoms with Crippen molar-refractivity contribution in [3.8, 4) is 11.1 Å². The number of primary amides is 1. The second kappa shape index (κ2) is 6.78. The topological polar surface area (TPSA) is 92.9 Å². The number of hydrogen-bond donors (Lipinski definition) is 3. The van der Waals surface area contributed by atoms with Gasteiger partial charge in [-0.2, -0.15) is 0 Å². The molecule has 1 saturated heterocycles. The van der Waals surface area contributed by atoms with Gasteiger partial charge in [0.2, 0.25) is 0 Å². The SMILES string of the molecule is NC(=O)c1cc(-c2cscc2NC2CCCNC2)cc2cncnc12. The van der Waals surface area contributed by atoms with E-state index in [1.165, 1.54) is 12.7 Å². The maximum atomic E-state index is 11.9. The van der Waals surface area contributed by atoms with E-state index >= 15 is 0 Å². The minimum absolute atomic E-state index is 0.418. The van der Waals surface area contributed by atoms with Crippen molar-refractivity contribution in [3.63, 3.8) is 0 Å². The predicted octanol–water partition coefficient (Wildman–Crippen LogP) is 2.62. The van der Waals surface area contributed by atoms with E-state index in [0.717, 1.165) is 41.7 Å². The third-order valence-electron chi connectivity index (χ3n) is 4.50. The first-order chi connectivity index (χ1) is 12.2. The summed E-state index contributed by atoms with van der Waals surface area (Å²) in [4.78, 5) is 20.2. The van der Waals surface area contributed by atoms with Gasteiger partial charge in [-0.1, -0.05) is 0 Å². The molecule has 1 aromatic carbocycles. The Morgan fingerprint density at radius 1 is 1.36 bits per heavy atom. The minimum atomic E-state index is -0.480. The zero-order chi connectivity index (χ0) is 17.2. The van der Waals surface area contributed by atoms with Crippen LogP contribution in [0.4, 0.5) is 5.69 Å². The van der Waals surface area contributed by atoms with Crippen molar-refractivity contribution in [2.24, 2.45) is 5.73 Å². The molecule has 0 saturated carbocycles. The number of fused-ring (bicyclic) bond motifs is 1. The number of carbonyl (C=O) groups is 1. The first-order valence-electron chi connectivity index (χ1n) is 8.30. The van der Waals surface area contributed by atoms with Crippen LogP contribution >= 0.6 is 11.3 Å². The predicted molar refractivity (Wildman–Crippen MR) is 101 cm³/mol. The molecular formula is C18H19N5OS. The van der Waals surface area contributed by atoms with Crippen LogP contribution in [-0.2, 0) is 0 Å². The molecule has 0 aliphatic carbocycles. The van der Waals surface area contributed by atoms with Gasteiger partial charge >= 0.3 is 0 Å². The minimum Gasteiger partial charge on any atom is -0.380 e. The number of piperidine rings is 1. The molecule has 3 aromatic rings. The number of benzene rings is 1. The summed E-state index contributed by atoms with van der Waals surface area (Å²) in [5.41, 5.74) is 9.69. The highest BCUT2D eigenvalue weighted by atomic mass is 32.1. The molecule has 0 bridgehead atoms. The monoisotopic (exact) mass is 353 g/mol. The Hall–Kier alpha value is -2.51. The van der Waals surface area contributed by atoms with Crippen molar-refractivity contribution < 1.29 is 4.79 Å². The summed E-state index contributed by atoms with van der Waals surface area (Å²) in [7, 11) is 0. The summed E-state index contributed by atoms with van der Waals surface area (Å²) in [5, 5.41) is 12.1. The first kappa shape index (κ1) is 16.0.